The van der Waals surface area contributed by atoms with Crippen LogP contribution < -0.4 is 0 Å². The topological polar surface area (TPSA) is 23.8 Å². The van der Waals surface area contributed by atoms with Gasteiger partial charge in [0, 0.05) is 17.4 Å². The van der Waals surface area contributed by atoms with E-state index in [1.807, 2.05) is 24.3 Å². The van der Waals surface area contributed by atoms with Crippen molar-refractivity contribution < 1.29 is 0 Å². The van der Waals surface area contributed by atoms with Crippen LogP contribution in [0.3, 0.4) is 0 Å². The molecule has 1 rings (SSSR count). The van der Waals surface area contributed by atoms with Crippen LogP contribution in [0, 0.1) is 23.2 Å². The standard InChI is InChI=1S/C10H6ClN/c11-8-10-5-2-1-4-9(10)6-3-7-12/h1-2,4-5H,8H2. The summed E-state index contributed by atoms with van der Waals surface area (Å²) in [5, 5.41) is 8.23. The lowest BCUT2D eigenvalue weighted by Crippen LogP contribution is -1.83. The molecule has 0 atom stereocenters. The molecule has 1 aromatic rings. The highest BCUT2D eigenvalue weighted by molar-refractivity contribution is 6.17. The van der Waals surface area contributed by atoms with Crippen molar-refractivity contribution in [3.63, 3.8) is 0 Å². The maximum atomic E-state index is 8.23. The van der Waals surface area contributed by atoms with Crippen LogP contribution in [0.1, 0.15) is 11.1 Å². The number of benzene rings is 1. The van der Waals surface area contributed by atoms with Crippen molar-refractivity contribution in [3.05, 3.63) is 35.4 Å². The van der Waals surface area contributed by atoms with E-state index in [2.05, 4.69) is 11.8 Å². The summed E-state index contributed by atoms with van der Waals surface area (Å²) >= 11 is 5.66. The first-order chi connectivity index (χ1) is 5.88. The Balaban J connectivity index is 3.07. The Kier molecular flexibility index (Phi) is 3.20. The van der Waals surface area contributed by atoms with Crippen molar-refractivity contribution in [2.75, 3.05) is 0 Å². The molecule has 0 fully saturated rings. The van der Waals surface area contributed by atoms with E-state index < -0.39 is 0 Å². The minimum atomic E-state index is 0.427. The molecule has 0 spiro atoms. The fraction of sp³-hybridized carbons (Fsp3) is 0.100. The van der Waals surface area contributed by atoms with Gasteiger partial charge in [-0.1, -0.05) is 24.1 Å². The monoisotopic (exact) mass is 175 g/mol. The molecule has 0 saturated carbocycles. The minimum Gasteiger partial charge on any atom is -0.183 e. The average Bonchev–Trinajstić information content (AvgIpc) is 2.15. The first-order valence-corrected chi connectivity index (χ1v) is 3.96. The van der Waals surface area contributed by atoms with E-state index in [1.54, 1.807) is 6.07 Å². The molecule has 0 N–H and O–H groups in total. The summed E-state index contributed by atoms with van der Waals surface area (Å²) in [6.07, 6.45) is 0. The maximum absolute atomic E-state index is 8.23. The van der Waals surface area contributed by atoms with Gasteiger partial charge in [0.2, 0.25) is 0 Å². The predicted molar refractivity (Wildman–Crippen MR) is 48.5 cm³/mol. The van der Waals surface area contributed by atoms with Gasteiger partial charge in [0.15, 0.2) is 6.07 Å². The lowest BCUT2D eigenvalue weighted by Gasteiger charge is -1.96. The molecule has 0 bridgehead atoms. The summed E-state index contributed by atoms with van der Waals surface area (Å²) in [7, 11) is 0. The van der Waals surface area contributed by atoms with Crippen molar-refractivity contribution in [1.82, 2.24) is 0 Å². The zero-order valence-corrected chi connectivity index (χ0v) is 7.10. The molecule has 0 aliphatic carbocycles. The quantitative estimate of drug-likeness (QED) is 0.475. The third-order valence-corrected chi connectivity index (χ3v) is 1.70. The van der Waals surface area contributed by atoms with Gasteiger partial charge in [-0.15, -0.1) is 11.6 Å². The molecule has 58 valence electrons. The molecular formula is C10H6ClN. The minimum absolute atomic E-state index is 0.427. The molecule has 0 aromatic heterocycles. The number of nitrogens with zero attached hydrogens (tertiary/aromatic N) is 1. The Labute approximate surface area is 76.6 Å². The second-order valence-corrected chi connectivity index (χ2v) is 2.42. The number of halogens is 1. The predicted octanol–water partition coefficient (Wildman–Crippen LogP) is 2.30. The van der Waals surface area contributed by atoms with Gasteiger partial charge in [0.25, 0.3) is 0 Å². The molecule has 0 heterocycles. The molecule has 0 aliphatic rings. The Bertz CT molecular complexity index is 365. The van der Waals surface area contributed by atoms with Gasteiger partial charge in [-0.3, -0.25) is 0 Å². The first kappa shape index (κ1) is 8.65. The lowest BCUT2D eigenvalue weighted by molar-refractivity contribution is 1.38. The molecule has 0 aliphatic heterocycles. The van der Waals surface area contributed by atoms with Gasteiger partial charge in [0.05, 0.1) is 0 Å². The first-order valence-electron chi connectivity index (χ1n) is 3.42. The van der Waals surface area contributed by atoms with E-state index in [0.717, 1.165) is 11.1 Å². The number of hydrogen-bond donors (Lipinski definition) is 0. The van der Waals surface area contributed by atoms with E-state index >= 15 is 0 Å². The van der Waals surface area contributed by atoms with Crippen molar-refractivity contribution in [1.29, 1.82) is 5.26 Å². The van der Waals surface area contributed by atoms with E-state index in [4.69, 9.17) is 16.9 Å². The van der Waals surface area contributed by atoms with Crippen LogP contribution in [0.2, 0.25) is 0 Å². The highest BCUT2D eigenvalue weighted by Crippen LogP contribution is 2.09. The van der Waals surface area contributed by atoms with E-state index in [-0.39, 0.29) is 0 Å². The van der Waals surface area contributed by atoms with Crippen LogP contribution in [0.5, 0.6) is 0 Å². The molecule has 2 heteroatoms. The summed E-state index contributed by atoms with van der Waals surface area (Å²) < 4.78 is 0. The zero-order chi connectivity index (χ0) is 8.81. The SMILES string of the molecule is N#CC#Cc1ccccc1CCl. The van der Waals surface area contributed by atoms with Crippen LogP contribution in [0.15, 0.2) is 24.3 Å². The Morgan fingerprint density at radius 3 is 2.75 bits per heavy atom. The number of alkyl halides is 1. The summed E-state index contributed by atoms with van der Waals surface area (Å²) in [6.45, 7) is 0. The molecule has 0 radical (unpaired) electrons. The van der Waals surface area contributed by atoms with Crippen LogP contribution in [-0.2, 0) is 5.88 Å². The molecule has 0 saturated heterocycles. The summed E-state index contributed by atoms with van der Waals surface area (Å²) in [4.78, 5) is 0. The largest absolute Gasteiger partial charge is 0.183 e. The normalized spacial score (nSPS) is 8.00. The fourth-order valence-corrected chi connectivity index (χ4v) is 1.09. The molecule has 0 amide bonds. The summed E-state index contributed by atoms with van der Waals surface area (Å²) in [5.41, 5.74) is 1.79. The third kappa shape index (κ3) is 2.02. The number of nitriles is 1. The van der Waals surface area contributed by atoms with Gasteiger partial charge in [-0.2, -0.15) is 5.26 Å². The maximum Gasteiger partial charge on any atom is 0.152 e. The van der Waals surface area contributed by atoms with Crippen LogP contribution in [0.4, 0.5) is 0 Å². The zero-order valence-electron chi connectivity index (χ0n) is 6.34. The molecular weight excluding hydrogens is 170 g/mol. The molecule has 0 unspecified atom stereocenters. The smallest absolute Gasteiger partial charge is 0.152 e. The van der Waals surface area contributed by atoms with Crippen LogP contribution in [-0.4, -0.2) is 0 Å². The van der Waals surface area contributed by atoms with Gasteiger partial charge in [-0.25, -0.2) is 0 Å². The number of rotatable bonds is 1. The van der Waals surface area contributed by atoms with E-state index in [0.29, 0.717) is 5.88 Å². The van der Waals surface area contributed by atoms with Gasteiger partial charge in [0.1, 0.15) is 0 Å². The highest BCUT2D eigenvalue weighted by Gasteiger charge is 1.94. The second kappa shape index (κ2) is 4.44. The van der Waals surface area contributed by atoms with Gasteiger partial charge < -0.3 is 0 Å². The van der Waals surface area contributed by atoms with Crippen LogP contribution in [0.25, 0.3) is 0 Å². The fourth-order valence-electron chi connectivity index (χ4n) is 0.854. The Morgan fingerprint density at radius 1 is 1.33 bits per heavy atom. The van der Waals surface area contributed by atoms with Gasteiger partial charge >= 0.3 is 0 Å². The summed E-state index contributed by atoms with van der Waals surface area (Å²) in [5.74, 6) is 5.48. The summed E-state index contributed by atoms with van der Waals surface area (Å²) in [6, 6.07) is 9.28. The Hall–Kier alpha value is -1.44. The third-order valence-electron chi connectivity index (χ3n) is 1.41. The Morgan fingerprint density at radius 2 is 2.08 bits per heavy atom. The van der Waals surface area contributed by atoms with Crippen LogP contribution >= 0.6 is 11.6 Å². The number of hydrogen-bond acceptors (Lipinski definition) is 1. The molecule has 1 aromatic carbocycles. The molecule has 12 heavy (non-hydrogen) atoms. The van der Waals surface area contributed by atoms with Crippen molar-refractivity contribution >= 4 is 11.6 Å². The van der Waals surface area contributed by atoms with Gasteiger partial charge in [-0.05, 0) is 11.6 Å². The average molecular weight is 176 g/mol. The van der Waals surface area contributed by atoms with E-state index in [1.165, 1.54) is 0 Å². The van der Waals surface area contributed by atoms with Crippen molar-refractivity contribution in [2.45, 2.75) is 5.88 Å². The van der Waals surface area contributed by atoms with Crippen molar-refractivity contribution in [2.24, 2.45) is 0 Å². The lowest BCUT2D eigenvalue weighted by atomic mass is 10.1. The van der Waals surface area contributed by atoms with E-state index in [9.17, 15) is 0 Å². The molecule has 1 nitrogen and oxygen atoms in total. The highest BCUT2D eigenvalue weighted by atomic mass is 35.5. The second-order valence-electron chi connectivity index (χ2n) is 2.15. The van der Waals surface area contributed by atoms with Crippen molar-refractivity contribution in [3.8, 4) is 17.9 Å².